The van der Waals surface area contributed by atoms with Crippen LogP contribution in [0.1, 0.15) is 36.2 Å². The Hall–Kier alpha value is -3.56. The molecular weight excluding hydrogens is 494 g/mol. The molecule has 1 aliphatic rings. The monoisotopic (exact) mass is 525 g/mol. The number of nitrogens with zero attached hydrogens (tertiary/aromatic N) is 4. The molecule has 0 aliphatic carbocycles. The largest absolute Gasteiger partial charge is 0.493 e. The van der Waals surface area contributed by atoms with E-state index >= 15 is 0 Å². The zero-order chi connectivity index (χ0) is 26.2. The third-order valence-electron chi connectivity index (χ3n) is 6.29. The van der Waals surface area contributed by atoms with E-state index < -0.39 is 0 Å². The van der Waals surface area contributed by atoms with Crippen molar-refractivity contribution < 1.29 is 19.0 Å². The summed E-state index contributed by atoms with van der Waals surface area (Å²) in [6.07, 6.45) is 5.16. The third-order valence-corrected chi connectivity index (χ3v) is 6.53. The van der Waals surface area contributed by atoms with Gasteiger partial charge in [-0.1, -0.05) is 17.7 Å². The van der Waals surface area contributed by atoms with Crippen LogP contribution in [0, 0.1) is 0 Å². The second-order valence-corrected chi connectivity index (χ2v) is 9.07. The molecule has 196 valence electrons. The smallest absolute Gasteiger partial charge is 0.293 e. The van der Waals surface area contributed by atoms with Gasteiger partial charge in [-0.2, -0.15) is 15.0 Å². The van der Waals surface area contributed by atoms with Crippen molar-refractivity contribution in [2.24, 2.45) is 0 Å². The zero-order valence-electron chi connectivity index (χ0n) is 21.3. The molecule has 0 bridgehead atoms. The van der Waals surface area contributed by atoms with Gasteiger partial charge < -0.3 is 19.2 Å². The predicted molar refractivity (Wildman–Crippen MR) is 142 cm³/mol. The molecule has 10 heteroatoms. The van der Waals surface area contributed by atoms with Crippen molar-refractivity contribution in [2.45, 2.75) is 32.4 Å². The molecule has 0 saturated heterocycles. The van der Waals surface area contributed by atoms with E-state index in [9.17, 15) is 4.79 Å². The van der Waals surface area contributed by atoms with Gasteiger partial charge in [0.1, 0.15) is 0 Å². The van der Waals surface area contributed by atoms with Crippen molar-refractivity contribution in [3.63, 3.8) is 0 Å². The third kappa shape index (κ3) is 6.23. The average Bonchev–Trinajstić information content (AvgIpc) is 3.55. The van der Waals surface area contributed by atoms with Crippen molar-refractivity contribution in [3.8, 4) is 11.5 Å². The molecule has 0 spiro atoms. The molecule has 1 atom stereocenters. The van der Waals surface area contributed by atoms with Crippen LogP contribution in [0.2, 0.25) is 5.02 Å². The Bertz CT molecular complexity index is 1310. The lowest BCUT2D eigenvalue weighted by Gasteiger charge is -2.33. The van der Waals surface area contributed by atoms with Crippen LogP contribution in [0.3, 0.4) is 0 Å². The van der Waals surface area contributed by atoms with Gasteiger partial charge in [0.15, 0.2) is 11.5 Å². The number of fused-ring (bicyclic) bond motifs is 3. The summed E-state index contributed by atoms with van der Waals surface area (Å²) in [4.78, 5) is 16.9. The summed E-state index contributed by atoms with van der Waals surface area (Å²) in [5, 5.41) is 10.2. The maximum absolute atomic E-state index is 9.18. The maximum atomic E-state index is 9.18. The van der Waals surface area contributed by atoms with Gasteiger partial charge in [0.05, 0.1) is 45.3 Å². The van der Waals surface area contributed by atoms with Crippen molar-refractivity contribution in [3.05, 3.63) is 70.6 Å². The topological polar surface area (TPSA) is 94.5 Å². The van der Waals surface area contributed by atoms with Crippen molar-refractivity contribution in [2.75, 3.05) is 33.9 Å². The fourth-order valence-corrected chi connectivity index (χ4v) is 4.76. The van der Waals surface area contributed by atoms with Gasteiger partial charge in [0, 0.05) is 34.6 Å². The summed E-state index contributed by atoms with van der Waals surface area (Å²) in [6.45, 7) is 4.91. The van der Waals surface area contributed by atoms with E-state index in [1.165, 1.54) is 16.6 Å². The number of aromatic nitrogens is 4. The van der Waals surface area contributed by atoms with E-state index in [1.807, 2.05) is 12.1 Å². The highest BCUT2D eigenvalue weighted by molar-refractivity contribution is 6.31. The summed E-state index contributed by atoms with van der Waals surface area (Å²) in [5.74, 6) is 1.48. The van der Waals surface area contributed by atoms with Gasteiger partial charge in [-0.25, -0.2) is 0 Å². The van der Waals surface area contributed by atoms with Crippen molar-refractivity contribution >= 4 is 29.0 Å². The lowest BCUT2D eigenvalue weighted by molar-refractivity contribution is -0.128. The molecule has 2 aromatic carbocycles. The van der Waals surface area contributed by atoms with Crippen LogP contribution in [0.5, 0.6) is 11.5 Å². The second kappa shape index (κ2) is 12.6. The number of H-pyrrole nitrogens is 1. The van der Waals surface area contributed by atoms with Gasteiger partial charge in [0.2, 0.25) is 0 Å². The number of benzene rings is 2. The van der Waals surface area contributed by atoms with Crippen LogP contribution in [-0.2, 0) is 22.5 Å². The number of likely N-dealkylation sites (N-methyl/N-ethyl adjacent to an activating group) is 1. The number of carbonyl (C=O) groups excluding carboxylic acids is 1. The van der Waals surface area contributed by atoms with Crippen LogP contribution in [0.15, 0.2) is 48.8 Å². The number of halogens is 1. The van der Waals surface area contributed by atoms with Gasteiger partial charge >= 0.3 is 0 Å². The summed E-state index contributed by atoms with van der Waals surface area (Å²) in [5.41, 5.74) is 4.85. The van der Waals surface area contributed by atoms with Crippen LogP contribution in [0.25, 0.3) is 10.9 Å². The van der Waals surface area contributed by atoms with Gasteiger partial charge in [-0.3, -0.25) is 9.69 Å². The molecule has 0 amide bonds. The molecule has 5 rings (SSSR count). The van der Waals surface area contributed by atoms with Crippen molar-refractivity contribution in [1.82, 2.24) is 24.9 Å². The number of rotatable bonds is 9. The van der Waals surface area contributed by atoms with E-state index in [0.717, 1.165) is 47.0 Å². The number of methoxy groups -OCH3 is 1. The van der Waals surface area contributed by atoms with Crippen LogP contribution < -0.4 is 9.47 Å². The highest BCUT2D eigenvalue weighted by atomic mass is 35.5. The fourth-order valence-electron chi connectivity index (χ4n) is 4.59. The SMILES string of the molecule is CCOC=O.COc1cc(C2c3[nH]c4ccc(Cl)cc4c3CCN2C)ccc1OCCCn1nccn1. The lowest BCUT2D eigenvalue weighted by Crippen LogP contribution is -2.32. The maximum Gasteiger partial charge on any atom is 0.293 e. The highest BCUT2D eigenvalue weighted by Gasteiger charge is 2.30. The average molecular weight is 526 g/mol. The first-order valence-electron chi connectivity index (χ1n) is 12.3. The number of hydrogen-bond acceptors (Lipinski definition) is 7. The zero-order valence-corrected chi connectivity index (χ0v) is 22.1. The first-order valence-corrected chi connectivity index (χ1v) is 12.6. The summed E-state index contributed by atoms with van der Waals surface area (Å²) < 4.78 is 15.8. The first kappa shape index (κ1) is 26.5. The first-order chi connectivity index (χ1) is 18.0. The molecule has 1 N–H and O–H groups in total. The number of nitrogens with one attached hydrogen (secondary N) is 1. The minimum absolute atomic E-state index is 0.110. The molecule has 2 aromatic heterocycles. The lowest BCUT2D eigenvalue weighted by atomic mass is 9.92. The Morgan fingerprint density at radius 1 is 1.16 bits per heavy atom. The van der Waals surface area contributed by atoms with E-state index in [4.69, 9.17) is 21.1 Å². The number of hydrogen-bond donors (Lipinski definition) is 1. The Morgan fingerprint density at radius 3 is 2.68 bits per heavy atom. The summed E-state index contributed by atoms with van der Waals surface area (Å²) >= 11 is 6.28. The van der Waals surface area contributed by atoms with E-state index in [1.54, 1.807) is 31.2 Å². The minimum atomic E-state index is 0.110. The molecular formula is C27H32ClN5O4. The van der Waals surface area contributed by atoms with Gasteiger partial charge in [0.25, 0.3) is 6.47 Å². The normalized spacial score (nSPS) is 15.0. The van der Waals surface area contributed by atoms with Crippen molar-refractivity contribution in [1.29, 1.82) is 0 Å². The Labute approximate surface area is 221 Å². The molecule has 0 fully saturated rings. The number of aromatic amines is 1. The fraction of sp³-hybridized carbons (Fsp3) is 0.370. The molecule has 4 aromatic rings. The summed E-state index contributed by atoms with van der Waals surface area (Å²) in [6, 6.07) is 12.4. The van der Waals surface area contributed by atoms with Crippen LogP contribution in [0.4, 0.5) is 0 Å². The van der Waals surface area contributed by atoms with Crippen LogP contribution in [-0.4, -0.2) is 65.3 Å². The highest BCUT2D eigenvalue weighted by Crippen LogP contribution is 2.40. The Morgan fingerprint density at radius 2 is 1.97 bits per heavy atom. The van der Waals surface area contributed by atoms with Gasteiger partial charge in [-0.15, -0.1) is 0 Å². The van der Waals surface area contributed by atoms with Crippen LogP contribution >= 0.6 is 11.6 Å². The predicted octanol–water partition coefficient (Wildman–Crippen LogP) is 4.65. The van der Waals surface area contributed by atoms with E-state index in [-0.39, 0.29) is 6.04 Å². The standard InChI is InChI=1S/C24H26ClN5O2.C3H6O2/c1-29-12-8-18-19-15-17(25)5-6-20(19)28-23(18)24(29)16-4-7-21(22(14-16)31-2)32-13-3-11-30-26-9-10-27-30;1-2-5-3-4/h4-7,9-10,14-15,24,28H,3,8,11-13H2,1-2H3;3H,2H2,1H3. The molecule has 0 saturated carbocycles. The Balaban J connectivity index is 0.000000586. The molecule has 9 nitrogen and oxygen atoms in total. The second-order valence-electron chi connectivity index (χ2n) is 8.63. The number of aryl methyl sites for hydroxylation is 1. The molecule has 1 aliphatic heterocycles. The van der Waals surface area contributed by atoms with Gasteiger partial charge in [-0.05, 0) is 61.9 Å². The Kier molecular flexibility index (Phi) is 9.03. The molecule has 1 unspecified atom stereocenters. The van der Waals surface area contributed by atoms with E-state index in [2.05, 4.69) is 56.1 Å². The molecule has 37 heavy (non-hydrogen) atoms. The molecule has 3 heterocycles. The number of carbonyl (C=O) groups is 1. The summed E-state index contributed by atoms with van der Waals surface area (Å²) in [7, 11) is 3.84. The van der Waals surface area contributed by atoms with E-state index in [0.29, 0.717) is 26.2 Å². The molecule has 0 radical (unpaired) electrons. The quantitative estimate of drug-likeness (QED) is 0.251. The minimum Gasteiger partial charge on any atom is -0.493 e. The number of ether oxygens (including phenoxy) is 3.